The smallest absolute Gasteiger partial charge is 0.478 e. The van der Waals surface area contributed by atoms with Crippen LogP contribution in [-0.2, 0) is 13.4 Å². The first kappa shape index (κ1) is 25.5. The Bertz CT molecular complexity index is 877. The first-order chi connectivity index (χ1) is 13.3. The highest BCUT2D eigenvalue weighted by Crippen LogP contribution is 2.53. The summed E-state index contributed by atoms with van der Waals surface area (Å²) in [6.45, 7) is 5.01. The minimum atomic E-state index is -5.05. The second kappa shape index (κ2) is 11.0. The molecule has 1 heterocycles. The summed E-state index contributed by atoms with van der Waals surface area (Å²) in [5, 5.41) is 4.57. The zero-order valence-electron chi connectivity index (χ0n) is 16.3. The number of nitrogens with two attached hydrogens (primary N) is 1. The number of anilines is 1. The van der Waals surface area contributed by atoms with Gasteiger partial charge in [-0.15, -0.1) is 0 Å². The summed E-state index contributed by atoms with van der Waals surface area (Å²) >= 11 is 0. The summed E-state index contributed by atoms with van der Waals surface area (Å²) in [6.07, 6.45) is 3.90. The summed E-state index contributed by atoms with van der Waals surface area (Å²) in [4.78, 5) is 35.5. The summed E-state index contributed by atoms with van der Waals surface area (Å²) < 4.78 is 27.6. The Morgan fingerprint density at radius 1 is 1.21 bits per heavy atom. The highest BCUT2D eigenvalue weighted by atomic mass is 31.3. The molecule has 164 valence electrons. The first-order valence-electron chi connectivity index (χ1n) is 8.57. The average molecular weight is 451 g/mol. The lowest BCUT2D eigenvalue weighted by molar-refractivity contribution is 0.225. The van der Waals surface area contributed by atoms with Crippen LogP contribution >= 0.6 is 15.6 Å². The molecular weight excluding hydrogens is 424 g/mol. The number of hydrogen-bond acceptors (Lipinski definition) is 7. The van der Waals surface area contributed by atoms with Crippen molar-refractivity contribution in [3.05, 3.63) is 30.0 Å². The number of benzene rings is 1. The molecule has 13 heteroatoms. The van der Waals surface area contributed by atoms with Gasteiger partial charge in [0.15, 0.2) is 0 Å². The number of hydrogen-bond donors (Lipinski definition) is 6. The monoisotopic (exact) mass is 451 g/mol. The lowest BCUT2D eigenvalue weighted by atomic mass is 10.1. The zero-order valence-corrected chi connectivity index (χ0v) is 18.1. The Balaban J connectivity index is 0.000000396. The van der Waals surface area contributed by atoms with Gasteiger partial charge in [-0.05, 0) is 44.4 Å². The van der Waals surface area contributed by atoms with Crippen molar-refractivity contribution in [3.63, 3.8) is 0 Å². The predicted octanol–water partition coefficient (Wildman–Crippen LogP) is 2.28. The minimum absolute atomic E-state index is 0.249. The van der Waals surface area contributed by atoms with E-state index < -0.39 is 15.6 Å². The van der Waals surface area contributed by atoms with Crippen LogP contribution in [-0.4, -0.2) is 44.3 Å². The van der Waals surface area contributed by atoms with Gasteiger partial charge in [0.1, 0.15) is 5.75 Å². The molecule has 0 aliphatic rings. The molecule has 7 N–H and O–H groups in total. The largest absolute Gasteiger partial charge is 0.497 e. The number of nitrogens with one attached hydrogen (secondary N) is 1. The summed E-state index contributed by atoms with van der Waals surface area (Å²) in [6, 6.07) is 6.30. The van der Waals surface area contributed by atoms with Crippen LogP contribution in [0, 0.1) is 6.92 Å². The van der Waals surface area contributed by atoms with Gasteiger partial charge in [0.2, 0.25) is 0 Å². The summed E-state index contributed by atoms with van der Waals surface area (Å²) in [5.41, 5.74) is 8.98. The fourth-order valence-corrected chi connectivity index (χ4v) is 3.51. The maximum atomic E-state index is 9.63. The standard InChI is InChI=1S/C16H23N3O.H4O7P2/c1-11-6-8-19-16-14(11)9-13(20-3)10-15(16)18-7-4-5-12(2)17;1-8(2,3)7-9(4,5)6/h6,8-10,12,18H,4-5,7,17H2,1-3H3;(H2,1,2,3)(H2,4,5,6). The van der Waals surface area contributed by atoms with Crippen LogP contribution in [0.1, 0.15) is 25.3 Å². The molecule has 0 saturated carbocycles. The SMILES string of the molecule is COc1cc(NCCCC(C)N)c2nccc(C)c2c1.O=P(O)(O)OP(=O)(O)O. The molecule has 1 unspecified atom stereocenters. The number of ether oxygens (including phenoxy) is 1. The highest BCUT2D eigenvalue weighted by molar-refractivity contribution is 7.60. The molecular formula is C16H27N3O8P2. The van der Waals surface area contributed by atoms with Gasteiger partial charge in [0, 0.05) is 30.2 Å². The Kier molecular flexibility index (Phi) is 9.67. The number of nitrogens with zero attached hydrogens (tertiary/aromatic N) is 1. The Labute approximate surface area is 168 Å². The maximum absolute atomic E-state index is 9.63. The van der Waals surface area contributed by atoms with Crippen LogP contribution < -0.4 is 15.8 Å². The molecule has 0 aliphatic carbocycles. The molecule has 1 aromatic heterocycles. The number of aryl methyl sites for hydroxylation is 1. The van der Waals surface area contributed by atoms with Gasteiger partial charge >= 0.3 is 15.6 Å². The quantitative estimate of drug-likeness (QED) is 0.255. The van der Waals surface area contributed by atoms with E-state index in [2.05, 4.69) is 21.5 Å². The van der Waals surface area contributed by atoms with Crippen LogP contribution in [0.3, 0.4) is 0 Å². The lowest BCUT2D eigenvalue weighted by Gasteiger charge is -2.13. The fraction of sp³-hybridized carbons (Fsp3) is 0.438. The van der Waals surface area contributed by atoms with Gasteiger partial charge in [-0.3, -0.25) is 4.98 Å². The van der Waals surface area contributed by atoms with Crippen molar-refractivity contribution >= 4 is 32.2 Å². The van der Waals surface area contributed by atoms with E-state index in [0.29, 0.717) is 0 Å². The Hall–Kier alpha value is -1.55. The van der Waals surface area contributed by atoms with Crippen LogP contribution in [0.4, 0.5) is 5.69 Å². The van der Waals surface area contributed by atoms with Crippen molar-refractivity contribution in [3.8, 4) is 5.75 Å². The number of methoxy groups -OCH3 is 1. The third-order valence-corrected chi connectivity index (χ3v) is 5.34. The van der Waals surface area contributed by atoms with Crippen LogP contribution in [0.2, 0.25) is 0 Å². The maximum Gasteiger partial charge on any atom is 0.478 e. The minimum Gasteiger partial charge on any atom is -0.497 e. The molecule has 1 atom stereocenters. The van der Waals surface area contributed by atoms with Crippen molar-refractivity contribution in [2.45, 2.75) is 32.7 Å². The second-order valence-electron chi connectivity index (χ2n) is 6.31. The number of pyridine rings is 1. The number of phosphoric acid groups is 2. The van der Waals surface area contributed by atoms with Crippen molar-refractivity contribution in [2.75, 3.05) is 19.0 Å². The molecule has 0 amide bonds. The molecule has 0 radical (unpaired) electrons. The van der Waals surface area contributed by atoms with Gasteiger partial charge in [0.25, 0.3) is 0 Å². The van der Waals surface area contributed by atoms with E-state index in [1.807, 2.05) is 31.3 Å². The molecule has 0 fully saturated rings. The van der Waals surface area contributed by atoms with E-state index in [4.69, 9.17) is 30.0 Å². The molecule has 0 saturated heterocycles. The zero-order chi connectivity index (χ0) is 22.2. The van der Waals surface area contributed by atoms with Crippen LogP contribution in [0.15, 0.2) is 24.4 Å². The van der Waals surface area contributed by atoms with Crippen molar-refractivity contribution in [1.82, 2.24) is 4.98 Å². The van der Waals surface area contributed by atoms with E-state index in [9.17, 15) is 9.13 Å². The van der Waals surface area contributed by atoms with E-state index >= 15 is 0 Å². The molecule has 0 spiro atoms. The topological polar surface area (TPSA) is 184 Å². The molecule has 1 aromatic carbocycles. The van der Waals surface area contributed by atoms with E-state index in [-0.39, 0.29) is 6.04 Å². The molecule has 2 aromatic rings. The number of fused-ring (bicyclic) bond motifs is 1. The lowest BCUT2D eigenvalue weighted by Crippen LogP contribution is -2.16. The van der Waals surface area contributed by atoms with E-state index in [0.717, 1.165) is 41.7 Å². The van der Waals surface area contributed by atoms with Gasteiger partial charge in [-0.1, -0.05) is 0 Å². The van der Waals surface area contributed by atoms with Gasteiger partial charge in [-0.2, -0.15) is 4.31 Å². The van der Waals surface area contributed by atoms with Gasteiger partial charge in [-0.25, -0.2) is 9.13 Å². The van der Waals surface area contributed by atoms with E-state index in [1.54, 1.807) is 7.11 Å². The summed E-state index contributed by atoms with van der Waals surface area (Å²) in [5.74, 6) is 0.850. The molecule has 0 bridgehead atoms. The van der Waals surface area contributed by atoms with Crippen LogP contribution in [0.5, 0.6) is 5.75 Å². The second-order valence-corrected chi connectivity index (χ2v) is 8.92. The number of rotatable bonds is 8. The van der Waals surface area contributed by atoms with Crippen LogP contribution in [0.25, 0.3) is 10.9 Å². The Morgan fingerprint density at radius 3 is 2.31 bits per heavy atom. The average Bonchev–Trinajstić information content (AvgIpc) is 2.56. The highest BCUT2D eigenvalue weighted by Gasteiger charge is 2.27. The molecule has 2 rings (SSSR count). The normalized spacial score (nSPS) is 12.8. The van der Waals surface area contributed by atoms with Crippen molar-refractivity contribution < 1.29 is 37.8 Å². The van der Waals surface area contributed by atoms with Crippen molar-refractivity contribution in [1.29, 1.82) is 0 Å². The van der Waals surface area contributed by atoms with Crippen molar-refractivity contribution in [2.24, 2.45) is 5.73 Å². The van der Waals surface area contributed by atoms with Gasteiger partial charge in [0.05, 0.1) is 18.3 Å². The van der Waals surface area contributed by atoms with Gasteiger partial charge < -0.3 is 35.4 Å². The predicted molar refractivity (Wildman–Crippen MR) is 110 cm³/mol. The molecule has 11 nitrogen and oxygen atoms in total. The number of aromatic nitrogens is 1. The molecule has 29 heavy (non-hydrogen) atoms. The first-order valence-corrected chi connectivity index (χ1v) is 11.6. The fourth-order valence-electron chi connectivity index (χ4n) is 2.40. The third kappa shape index (κ3) is 10.2. The van der Waals surface area contributed by atoms with E-state index in [1.165, 1.54) is 5.56 Å². The summed E-state index contributed by atoms with van der Waals surface area (Å²) in [7, 11) is -8.41. The molecule has 0 aliphatic heterocycles. The Morgan fingerprint density at radius 2 is 1.83 bits per heavy atom. The third-order valence-electron chi connectivity index (χ3n) is 3.64.